The van der Waals surface area contributed by atoms with Crippen LogP contribution in [0.3, 0.4) is 0 Å². The van der Waals surface area contributed by atoms with Crippen LogP contribution in [0.25, 0.3) is 0 Å². The Labute approximate surface area is 269 Å². The van der Waals surface area contributed by atoms with Gasteiger partial charge >= 0.3 is 6.03 Å². The van der Waals surface area contributed by atoms with Gasteiger partial charge in [0.1, 0.15) is 0 Å². The maximum atomic E-state index is 13.9. The zero-order valence-corrected chi connectivity index (χ0v) is 28.0. The third-order valence-corrected chi connectivity index (χ3v) is 8.42. The molecule has 3 N–H and O–H groups in total. The number of fused-ring (bicyclic) bond motifs is 1. The van der Waals surface area contributed by atoms with Gasteiger partial charge in [-0.25, -0.2) is 10.3 Å². The summed E-state index contributed by atoms with van der Waals surface area (Å²) in [7, 11) is 3.49. The fourth-order valence-electron chi connectivity index (χ4n) is 5.79. The van der Waals surface area contributed by atoms with Crippen molar-refractivity contribution in [2.24, 2.45) is 11.8 Å². The summed E-state index contributed by atoms with van der Waals surface area (Å²) in [5, 5.41) is 6.44. The van der Waals surface area contributed by atoms with E-state index < -0.39 is 6.03 Å². The van der Waals surface area contributed by atoms with E-state index in [0.717, 1.165) is 81.0 Å². The van der Waals surface area contributed by atoms with Crippen LogP contribution in [-0.4, -0.2) is 74.9 Å². The Balaban J connectivity index is 1.56. The number of allylic oxidation sites excluding steroid dienone is 1. The van der Waals surface area contributed by atoms with Crippen LogP contribution in [-0.2, 0) is 4.84 Å². The lowest BCUT2D eigenvalue weighted by molar-refractivity contribution is 0.0741. The predicted octanol–water partition coefficient (Wildman–Crippen LogP) is 6.56. The van der Waals surface area contributed by atoms with E-state index in [2.05, 4.69) is 94.8 Å². The van der Waals surface area contributed by atoms with Gasteiger partial charge < -0.3 is 30.2 Å². The number of carbonyl (C=O) groups excluding carboxylic acids is 2. The molecule has 0 spiro atoms. The van der Waals surface area contributed by atoms with Gasteiger partial charge in [0, 0.05) is 56.7 Å². The molecule has 3 amide bonds. The number of rotatable bonds is 15. The van der Waals surface area contributed by atoms with Gasteiger partial charge in [-0.1, -0.05) is 33.8 Å². The second kappa shape index (κ2) is 16.4. The Kier molecular flexibility index (Phi) is 12.4. The van der Waals surface area contributed by atoms with Crippen molar-refractivity contribution >= 4 is 34.7 Å². The molecule has 2 heterocycles. The number of carbonyl (C=O) groups is 2. The summed E-state index contributed by atoms with van der Waals surface area (Å²) in [6, 6.07) is 13.3. The van der Waals surface area contributed by atoms with Crippen molar-refractivity contribution in [2.45, 2.75) is 66.1 Å². The van der Waals surface area contributed by atoms with E-state index in [-0.39, 0.29) is 12.2 Å². The van der Waals surface area contributed by atoms with Crippen LogP contribution in [0.1, 0.15) is 70.2 Å². The summed E-state index contributed by atoms with van der Waals surface area (Å²) in [5.74, 6) is 1.19. The van der Waals surface area contributed by atoms with Crippen molar-refractivity contribution in [3.05, 3.63) is 60.3 Å². The van der Waals surface area contributed by atoms with E-state index in [9.17, 15) is 9.59 Å². The number of nitrogens with zero attached hydrogens (tertiary/aromatic N) is 4. The standard InChI is InChI=1S/C35H53N7O3/c1-26(2)17-23-41(24-18-27(3)4)33(43)28-11-16-31-32(25-28)42(22-10-21-40-19-8-7-9-20-40)35(39(31)5)37-30-14-12-29(13-15-30)36-34(44)38-45-6/h8,11-16,19,25-27,35,37H,7,9-10,17-18,20-24H2,1-6H3,(H2,36,38,44). The van der Waals surface area contributed by atoms with Crippen molar-refractivity contribution in [3.63, 3.8) is 0 Å². The molecule has 1 unspecified atom stereocenters. The number of nitrogens with one attached hydrogen (secondary N) is 3. The van der Waals surface area contributed by atoms with Crippen LogP contribution >= 0.6 is 0 Å². The molecule has 0 saturated heterocycles. The second-order valence-corrected chi connectivity index (χ2v) is 12.9. The average Bonchev–Trinajstić information content (AvgIpc) is 3.27. The van der Waals surface area contributed by atoms with Crippen LogP contribution in [0.4, 0.5) is 27.5 Å². The first-order valence-corrected chi connectivity index (χ1v) is 16.5. The topological polar surface area (TPSA) is 92.4 Å². The average molecular weight is 620 g/mol. The van der Waals surface area contributed by atoms with Crippen LogP contribution in [0.5, 0.6) is 0 Å². The zero-order valence-electron chi connectivity index (χ0n) is 28.0. The van der Waals surface area contributed by atoms with Gasteiger partial charge in [-0.05, 0) is 92.6 Å². The summed E-state index contributed by atoms with van der Waals surface area (Å²) < 4.78 is 0. The van der Waals surface area contributed by atoms with Crippen molar-refractivity contribution < 1.29 is 14.4 Å². The Morgan fingerprint density at radius 3 is 2.27 bits per heavy atom. The van der Waals surface area contributed by atoms with Gasteiger partial charge in [0.2, 0.25) is 0 Å². The Morgan fingerprint density at radius 1 is 0.956 bits per heavy atom. The Morgan fingerprint density at radius 2 is 1.64 bits per heavy atom. The summed E-state index contributed by atoms with van der Waals surface area (Å²) in [6.45, 7) is 13.3. The molecule has 0 bridgehead atoms. The van der Waals surface area contributed by atoms with Crippen molar-refractivity contribution in [2.75, 3.05) is 67.3 Å². The van der Waals surface area contributed by atoms with Crippen molar-refractivity contribution in [1.29, 1.82) is 0 Å². The Hall–Kier alpha value is -3.92. The van der Waals surface area contributed by atoms with Gasteiger partial charge in [-0.3, -0.25) is 9.63 Å². The predicted molar refractivity (Wildman–Crippen MR) is 185 cm³/mol. The first-order valence-electron chi connectivity index (χ1n) is 16.5. The molecule has 45 heavy (non-hydrogen) atoms. The SMILES string of the molecule is CONC(=O)Nc1ccc(NC2N(C)c3ccc(C(=O)N(CCC(C)C)CCC(C)C)cc3N2CCCN2C=CCCC2)cc1. The number of anilines is 4. The van der Waals surface area contributed by atoms with Crippen molar-refractivity contribution in [3.8, 4) is 0 Å². The zero-order chi connectivity index (χ0) is 32.3. The molecule has 0 saturated carbocycles. The Bertz CT molecular complexity index is 1270. The molecule has 2 aromatic carbocycles. The van der Waals surface area contributed by atoms with E-state index in [1.807, 2.05) is 35.2 Å². The molecule has 2 aromatic rings. The van der Waals surface area contributed by atoms with E-state index >= 15 is 0 Å². The summed E-state index contributed by atoms with van der Waals surface area (Å²) in [5.41, 5.74) is 6.74. The molecule has 0 aliphatic carbocycles. The maximum Gasteiger partial charge on any atom is 0.343 e. The summed E-state index contributed by atoms with van der Waals surface area (Å²) in [6.07, 6.45) is 9.66. The number of amides is 3. The summed E-state index contributed by atoms with van der Waals surface area (Å²) in [4.78, 5) is 39.5. The maximum absolute atomic E-state index is 13.9. The number of hydroxylamine groups is 1. The molecule has 246 valence electrons. The normalized spacial score (nSPS) is 15.9. The van der Waals surface area contributed by atoms with Crippen LogP contribution < -0.4 is 25.9 Å². The fourth-order valence-corrected chi connectivity index (χ4v) is 5.79. The third kappa shape index (κ3) is 9.53. The minimum Gasteiger partial charge on any atom is -0.378 e. The largest absolute Gasteiger partial charge is 0.378 e. The molecule has 0 radical (unpaired) electrons. The van der Waals surface area contributed by atoms with Crippen molar-refractivity contribution in [1.82, 2.24) is 15.3 Å². The van der Waals surface area contributed by atoms with E-state index in [0.29, 0.717) is 17.5 Å². The van der Waals surface area contributed by atoms with E-state index in [1.165, 1.54) is 13.5 Å². The van der Waals surface area contributed by atoms with E-state index in [1.54, 1.807) is 0 Å². The first-order chi connectivity index (χ1) is 21.7. The quantitative estimate of drug-likeness (QED) is 0.195. The molecule has 10 heteroatoms. The first kappa shape index (κ1) is 34.0. The lowest BCUT2D eigenvalue weighted by atomic mass is 10.1. The summed E-state index contributed by atoms with van der Waals surface area (Å²) >= 11 is 0. The van der Waals surface area contributed by atoms with Gasteiger partial charge in [0.15, 0.2) is 6.29 Å². The molecular weight excluding hydrogens is 566 g/mol. The van der Waals surface area contributed by atoms with Gasteiger partial charge in [-0.2, -0.15) is 0 Å². The number of benzene rings is 2. The van der Waals surface area contributed by atoms with Crippen LogP contribution in [0.2, 0.25) is 0 Å². The molecule has 2 aliphatic heterocycles. The van der Waals surface area contributed by atoms with Crippen LogP contribution in [0, 0.1) is 11.8 Å². The van der Waals surface area contributed by atoms with Gasteiger partial charge in [-0.15, -0.1) is 0 Å². The minimum absolute atomic E-state index is 0.108. The molecule has 0 fully saturated rings. The van der Waals surface area contributed by atoms with Gasteiger partial charge in [0.05, 0.1) is 18.5 Å². The smallest absolute Gasteiger partial charge is 0.343 e. The molecule has 10 nitrogen and oxygen atoms in total. The minimum atomic E-state index is -0.434. The highest BCUT2D eigenvalue weighted by Crippen LogP contribution is 2.40. The van der Waals surface area contributed by atoms with Gasteiger partial charge in [0.25, 0.3) is 5.91 Å². The molecule has 1 atom stereocenters. The monoisotopic (exact) mass is 619 g/mol. The molecular formula is C35H53N7O3. The molecule has 0 aromatic heterocycles. The highest BCUT2D eigenvalue weighted by molar-refractivity contribution is 5.97. The second-order valence-electron chi connectivity index (χ2n) is 12.9. The van der Waals surface area contributed by atoms with Crippen LogP contribution in [0.15, 0.2) is 54.7 Å². The lowest BCUT2D eigenvalue weighted by Crippen LogP contribution is -2.48. The third-order valence-electron chi connectivity index (χ3n) is 8.42. The number of urea groups is 1. The molecule has 4 rings (SSSR count). The van der Waals surface area contributed by atoms with E-state index in [4.69, 9.17) is 0 Å². The lowest BCUT2D eigenvalue weighted by Gasteiger charge is -2.33. The molecule has 2 aliphatic rings. The highest BCUT2D eigenvalue weighted by atomic mass is 16.6. The highest BCUT2D eigenvalue weighted by Gasteiger charge is 2.34. The number of hydrogen-bond donors (Lipinski definition) is 3. The fraction of sp³-hybridized carbons (Fsp3) is 0.543. The number of hydrogen-bond acceptors (Lipinski definition) is 7.